The minimum absolute atomic E-state index is 0.0369. The van der Waals surface area contributed by atoms with Gasteiger partial charge >= 0.3 is 0 Å². The molecule has 0 amide bonds. The van der Waals surface area contributed by atoms with Gasteiger partial charge in [0, 0.05) is 5.56 Å². The van der Waals surface area contributed by atoms with Gasteiger partial charge in [-0.25, -0.2) is 15.3 Å². The molecule has 0 radical (unpaired) electrons. The van der Waals surface area contributed by atoms with Crippen LogP contribution >= 0.6 is 0 Å². The van der Waals surface area contributed by atoms with E-state index in [-0.39, 0.29) is 11.7 Å². The molecule has 0 aliphatic heterocycles. The summed E-state index contributed by atoms with van der Waals surface area (Å²) in [4.78, 5) is 21.5. The van der Waals surface area contributed by atoms with Crippen LogP contribution in [0.1, 0.15) is 13.8 Å². The van der Waals surface area contributed by atoms with E-state index in [4.69, 9.17) is 4.84 Å². The van der Waals surface area contributed by atoms with Crippen LogP contribution in [0.4, 0.5) is 0 Å². The Morgan fingerprint density at radius 2 is 2.21 bits per heavy atom. The summed E-state index contributed by atoms with van der Waals surface area (Å²) in [7, 11) is 0. The minimum Gasteiger partial charge on any atom is -0.410 e. The third-order valence-electron chi connectivity index (χ3n) is 2.68. The molecule has 19 heavy (non-hydrogen) atoms. The number of H-pyrrole nitrogens is 2. The molecule has 3 rings (SSSR count). The fraction of sp³-hybridized carbons (Fsp3) is 0.250. The molecule has 0 bridgehead atoms. The number of fused-ring (bicyclic) bond motifs is 1. The lowest BCUT2D eigenvalue weighted by Crippen LogP contribution is -2.17. The zero-order chi connectivity index (χ0) is 13.4. The molecule has 1 aromatic carbocycles. The summed E-state index contributed by atoms with van der Waals surface area (Å²) >= 11 is 0. The first-order chi connectivity index (χ1) is 9.16. The highest BCUT2D eigenvalue weighted by molar-refractivity contribution is 5.90. The summed E-state index contributed by atoms with van der Waals surface area (Å²) in [5, 5.41) is 8.78. The summed E-state index contributed by atoms with van der Waals surface area (Å²) in [6, 6.07) is 5.53. The van der Waals surface area contributed by atoms with Crippen molar-refractivity contribution in [2.45, 2.75) is 20.0 Å². The highest BCUT2D eigenvalue weighted by Crippen LogP contribution is 2.23. The molecular weight excluding hydrogens is 246 g/mol. The van der Waals surface area contributed by atoms with Gasteiger partial charge in [0.2, 0.25) is 0 Å². The average molecular weight is 259 g/mol. The fourth-order valence-corrected chi connectivity index (χ4v) is 1.95. The lowest BCUT2D eigenvalue weighted by molar-refractivity contribution is 0.0674. The molecule has 3 aromatic rings. The Labute approximate surface area is 108 Å². The van der Waals surface area contributed by atoms with Crippen LogP contribution in [0.15, 0.2) is 29.3 Å². The topological polar surface area (TPSA) is 88.6 Å². The van der Waals surface area contributed by atoms with Crippen molar-refractivity contribution in [1.29, 1.82) is 0 Å². The predicted molar refractivity (Wildman–Crippen MR) is 69.7 cm³/mol. The molecule has 0 saturated carbocycles. The van der Waals surface area contributed by atoms with Crippen molar-refractivity contribution in [1.82, 2.24) is 25.1 Å². The molecule has 7 nitrogen and oxygen atoms in total. The van der Waals surface area contributed by atoms with E-state index in [1.807, 2.05) is 26.0 Å². The van der Waals surface area contributed by atoms with Gasteiger partial charge in [0.1, 0.15) is 23.5 Å². The Hall–Kier alpha value is -2.57. The van der Waals surface area contributed by atoms with Gasteiger partial charge in [-0.3, -0.25) is 4.79 Å². The molecule has 0 saturated heterocycles. The summed E-state index contributed by atoms with van der Waals surface area (Å²) in [5.74, 6) is 0. The van der Waals surface area contributed by atoms with Crippen LogP contribution in [0.2, 0.25) is 0 Å². The first-order valence-electron chi connectivity index (χ1n) is 5.93. The number of hydrogen-bond acceptors (Lipinski definition) is 4. The minimum atomic E-state index is -0.271. The van der Waals surface area contributed by atoms with Crippen LogP contribution < -0.4 is 10.4 Å². The second kappa shape index (κ2) is 4.27. The molecule has 0 aliphatic carbocycles. The monoisotopic (exact) mass is 259 g/mol. The van der Waals surface area contributed by atoms with Crippen LogP contribution in [0, 0.1) is 0 Å². The average Bonchev–Trinajstić information content (AvgIpc) is 2.96. The number of hydrogen-bond donors (Lipinski definition) is 2. The molecule has 2 heterocycles. The van der Waals surface area contributed by atoms with Gasteiger partial charge in [-0.2, -0.15) is 9.83 Å². The number of aromatic nitrogens is 5. The van der Waals surface area contributed by atoms with E-state index < -0.39 is 0 Å². The van der Waals surface area contributed by atoms with Gasteiger partial charge in [0.15, 0.2) is 5.69 Å². The first-order valence-corrected chi connectivity index (χ1v) is 5.93. The van der Waals surface area contributed by atoms with Gasteiger partial charge in [-0.15, -0.1) is 0 Å². The van der Waals surface area contributed by atoms with Gasteiger partial charge in [-0.05, 0) is 19.9 Å². The number of benzene rings is 1. The Balaban J connectivity index is 2.20. The second-order valence-electron chi connectivity index (χ2n) is 4.42. The van der Waals surface area contributed by atoms with Crippen LogP contribution in [-0.4, -0.2) is 31.2 Å². The Morgan fingerprint density at radius 1 is 1.37 bits per heavy atom. The maximum absolute atomic E-state index is 11.6. The molecule has 0 unspecified atom stereocenters. The van der Waals surface area contributed by atoms with E-state index in [1.165, 1.54) is 0 Å². The van der Waals surface area contributed by atoms with Crippen molar-refractivity contribution in [3.8, 4) is 11.3 Å². The van der Waals surface area contributed by atoms with Gasteiger partial charge in [0.25, 0.3) is 5.56 Å². The van der Waals surface area contributed by atoms with Crippen molar-refractivity contribution in [3.63, 3.8) is 0 Å². The number of rotatable bonds is 3. The maximum Gasteiger partial charge on any atom is 0.292 e. The molecular formula is C12H13N5O2. The van der Waals surface area contributed by atoms with Crippen LogP contribution in [0.25, 0.3) is 22.3 Å². The molecule has 98 valence electrons. The van der Waals surface area contributed by atoms with E-state index >= 15 is 0 Å². The van der Waals surface area contributed by atoms with Gasteiger partial charge in [-0.1, -0.05) is 12.1 Å². The third-order valence-corrected chi connectivity index (χ3v) is 2.68. The summed E-state index contributed by atoms with van der Waals surface area (Å²) in [5.41, 5.74) is 2.20. The SMILES string of the molecule is CC(C)On1cnc2c(-c3n[nH][nH]c3=O)cccc21. The molecule has 2 aromatic heterocycles. The summed E-state index contributed by atoms with van der Waals surface area (Å²) in [6.07, 6.45) is 1.63. The van der Waals surface area contributed by atoms with Crippen molar-refractivity contribution >= 4 is 11.0 Å². The van der Waals surface area contributed by atoms with E-state index in [0.717, 1.165) is 5.52 Å². The zero-order valence-corrected chi connectivity index (χ0v) is 10.5. The number of nitrogens with one attached hydrogen (secondary N) is 2. The van der Waals surface area contributed by atoms with Crippen molar-refractivity contribution in [3.05, 3.63) is 34.9 Å². The van der Waals surface area contributed by atoms with Crippen LogP contribution in [-0.2, 0) is 0 Å². The maximum atomic E-state index is 11.6. The van der Waals surface area contributed by atoms with Crippen LogP contribution in [0.3, 0.4) is 0 Å². The standard InChI is InChI=1S/C12H13N5O2/c1-7(2)19-17-6-13-10-8(4-3-5-9(10)17)11-12(18)15-16-14-11/h3-7H,1-2H3,(H2,14,15,16,18). The Bertz CT molecular complexity index is 768. The smallest absolute Gasteiger partial charge is 0.292 e. The van der Waals surface area contributed by atoms with E-state index in [0.29, 0.717) is 16.8 Å². The van der Waals surface area contributed by atoms with Crippen molar-refractivity contribution in [2.75, 3.05) is 0 Å². The largest absolute Gasteiger partial charge is 0.410 e. The Morgan fingerprint density at radius 3 is 2.89 bits per heavy atom. The van der Waals surface area contributed by atoms with Crippen molar-refractivity contribution in [2.24, 2.45) is 0 Å². The molecule has 0 atom stereocenters. The first kappa shape index (κ1) is 11.5. The third kappa shape index (κ3) is 1.88. The highest BCUT2D eigenvalue weighted by atomic mass is 16.7. The highest BCUT2D eigenvalue weighted by Gasteiger charge is 2.14. The lowest BCUT2D eigenvalue weighted by Gasteiger charge is -2.10. The molecule has 7 heteroatoms. The predicted octanol–water partition coefficient (Wildman–Crippen LogP) is 0.952. The number of aromatic amines is 2. The second-order valence-corrected chi connectivity index (χ2v) is 4.42. The summed E-state index contributed by atoms with van der Waals surface area (Å²) in [6.45, 7) is 3.88. The van der Waals surface area contributed by atoms with Crippen molar-refractivity contribution < 1.29 is 4.84 Å². The Kier molecular flexibility index (Phi) is 2.59. The number of imidazole rings is 1. The molecule has 2 N–H and O–H groups in total. The number of para-hydroxylation sites is 1. The normalized spacial score (nSPS) is 11.3. The van der Waals surface area contributed by atoms with E-state index in [2.05, 4.69) is 20.4 Å². The lowest BCUT2D eigenvalue weighted by atomic mass is 10.1. The fourth-order valence-electron chi connectivity index (χ4n) is 1.95. The molecule has 0 fully saturated rings. The van der Waals surface area contributed by atoms with E-state index in [9.17, 15) is 4.79 Å². The zero-order valence-electron chi connectivity index (χ0n) is 10.5. The molecule has 0 aliphatic rings. The summed E-state index contributed by atoms with van der Waals surface area (Å²) < 4.78 is 1.60. The number of nitrogens with zero attached hydrogens (tertiary/aromatic N) is 3. The van der Waals surface area contributed by atoms with E-state index in [1.54, 1.807) is 17.1 Å². The quantitative estimate of drug-likeness (QED) is 0.733. The van der Waals surface area contributed by atoms with Gasteiger partial charge in [0.05, 0.1) is 0 Å². The van der Waals surface area contributed by atoms with Crippen LogP contribution in [0.5, 0.6) is 0 Å². The van der Waals surface area contributed by atoms with Gasteiger partial charge < -0.3 is 4.84 Å². The molecule has 0 spiro atoms.